The Labute approximate surface area is 106 Å². The highest BCUT2D eigenvalue weighted by atomic mass is 16.7. The smallest absolute Gasteiger partial charge is 0.327 e. The van der Waals surface area contributed by atoms with Gasteiger partial charge in [-0.2, -0.15) is 0 Å². The van der Waals surface area contributed by atoms with E-state index >= 15 is 0 Å². The first-order valence-electron chi connectivity index (χ1n) is 6.00. The quantitative estimate of drug-likeness (QED) is 0.509. The molecule has 1 aromatic rings. The second kappa shape index (κ2) is 7.78. The monoisotopic (exact) mass is 257 g/mol. The summed E-state index contributed by atoms with van der Waals surface area (Å²) < 4.78 is 17.2. The molecule has 0 unspecified atom stereocenters. The van der Waals surface area contributed by atoms with Crippen LogP contribution in [0.5, 0.6) is 0 Å². The number of aromatic nitrogens is 3. The molecule has 0 saturated heterocycles. The fraction of sp³-hybridized carbons (Fsp3) is 0.727. The van der Waals surface area contributed by atoms with Crippen LogP contribution in [-0.2, 0) is 25.5 Å². The highest BCUT2D eigenvalue weighted by Crippen LogP contribution is 2.17. The Morgan fingerprint density at radius 2 is 1.94 bits per heavy atom. The maximum absolute atomic E-state index is 11.4. The van der Waals surface area contributed by atoms with Crippen molar-refractivity contribution in [2.24, 2.45) is 0 Å². The third-order valence-electron chi connectivity index (χ3n) is 2.11. The summed E-state index contributed by atoms with van der Waals surface area (Å²) in [6.07, 6.45) is 0.958. The molecular weight excluding hydrogens is 238 g/mol. The van der Waals surface area contributed by atoms with Crippen molar-refractivity contribution in [3.63, 3.8) is 0 Å². The molecule has 1 aromatic heterocycles. The zero-order valence-electron chi connectivity index (χ0n) is 11.0. The fourth-order valence-corrected chi connectivity index (χ4v) is 1.42. The molecule has 7 heteroatoms. The zero-order valence-corrected chi connectivity index (χ0v) is 11.0. The van der Waals surface area contributed by atoms with Gasteiger partial charge in [0.15, 0.2) is 0 Å². The minimum absolute atomic E-state index is 0.000177. The Hall–Kier alpha value is -1.47. The van der Waals surface area contributed by atoms with E-state index in [0.717, 1.165) is 0 Å². The first kappa shape index (κ1) is 14.6. The van der Waals surface area contributed by atoms with Crippen LogP contribution in [0.25, 0.3) is 0 Å². The van der Waals surface area contributed by atoms with E-state index in [0.29, 0.717) is 25.5 Å². The second-order valence-electron chi connectivity index (χ2n) is 3.36. The van der Waals surface area contributed by atoms with E-state index in [1.54, 1.807) is 6.92 Å². The first-order chi connectivity index (χ1) is 8.72. The van der Waals surface area contributed by atoms with E-state index in [1.807, 2.05) is 13.8 Å². The van der Waals surface area contributed by atoms with E-state index in [9.17, 15) is 4.79 Å². The first-order valence-corrected chi connectivity index (χ1v) is 6.00. The molecule has 0 aliphatic carbocycles. The Morgan fingerprint density at radius 1 is 1.28 bits per heavy atom. The third-order valence-corrected chi connectivity index (χ3v) is 2.11. The predicted molar refractivity (Wildman–Crippen MR) is 62.6 cm³/mol. The number of carbonyl (C=O) groups is 1. The van der Waals surface area contributed by atoms with E-state index in [-0.39, 0.29) is 12.5 Å². The van der Waals surface area contributed by atoms with Crippen molar-refractivity contribution in [1.29, 1.82) is 0 Å². The van der Waals surface area contributed by atoms with Gasteiger partial charge in [0.1, 0.15) is 12.2 Å². The van der Waals surface area contributed by atoms with Crippen molar-refractivity contribution in [3.8, 4) is 0 Å². The standard InChI is InChI=1S/C11H19N3O4/c1-4-16-10(15)8-14-9(7-12-13-14)11(17-5-2)18-6-3/h7,11H,4-6,8H2,1-3H3. The lowest BCUT2D eigenvalue weighted by molar-refractivity contribution is -0.149. The molecular formula is C11H19N3O4. The van der Waals surface area contributed by atoms with Crippen LogP contribution in [0.1, 0.15) is 32.8 Å². The highest BCUT2D eigenvalue weighted by Gasteiger charge is 2.19. The lowest BCUT2D eigenvalue weighted by atomic mass is 10.4. The summed E-state index contributed by atoms with van der Waals surface area (Å²) in [7, 11) is 0. The van der Waals surface area contributed by atoms with Gasteiger partial charge in [-0.3, -0.25) is 4.79 Å². The number of esters is 1. The van der Waals surface area contributed by atoms with Gasteiger partial charge in [-0.1, -0.05) is 5.21 Å². The van der Waals surface area contributed by atoms with Crippen molar-refractivity contribution in [1.82, 2.24) is 15.0 Å². The number of rotatable bonds is 8. The van der Waals surface area contributed by atoms with Gasteiger partial charge in [-0.15, -0.1) is 5.10 Å². The highest BCUT2D eigenvalue weighted by molar-refractivity contribution is 5.69. The van der Waals surface area contributed by atoms with Crippen LogP contribution in [0.4, 0.5) is 0 Å². The van der Waals surface area contributed by atoms with Crippen LogP contribution in [0.3, 0.4) is 0 Å². The fourth-order valence-electron chi connectivity index (χ4n) is 1.42. The maximum atomic E-state index is 11.4. The van der Waals surface area contributed by atoms with Crippen LogP contribution in [-0.4, -0.2) is 40.8 Å². The van der Waals surface area contributed by atoms with Crippen molar-refractivity contribution in [2.45, 2.75) is 33.6 Å². The summed E-state index contributed by atoms with van der Waals surface area (Å²) in [4.78, 5) is 11.4. The van der Waals surface area contributed by atoms with Gasteiger partial charge in [0.2, 0.25) is 6.29 Å². The Morgan fingerprint density at radius 3 is 2.50 bits per heavy atom. The van der Waals surface area contributed by atoms with Gasteiger partial charge in [0.05, 0.1) is 12.8 Å². The molecule has 0 aromatic carbocycles. The molecule has 0 aliphatic rings. The van der Waals surface area contributed by atoms with Gasteiger partial charge >= 0.3 is 5.97 Å². The van der Waals surface area contributed by atoms with Crippen LogP contribution < -0.4 is 0 Å². The minimum Gasteiger partial charge on any atom is -0.465 e. The molecule has 0 aliphatic heterocycles. The van der Waals surface area contributed by atoms with Gasteiger partial charge in [-0.25, -0.2) is 4.68 Å². The number of ether oxygens (including phenoxy) is 3. The van der Waals surface area contributed by atoms with Gasteiger partial charge in [0.25, 0.3) is 0 Å². The summed E-state index contributed by atoms with van der Waals surface area (Å²) in [5, 5.41) is 7.60. The molecule has 0 atom stereocenters. The lowest BCUT2D eigenvalue weighted by Gasteiger charge is -2.17. The largest absolute Gasteiger partial charge is 0.465 e. The average molecular weight is 257 g/mol. The van der Waals surface area contributed by atoms with E-state index < -0.39 is 6.29 Å². The molecule has 18 heavy (non-hydrogen) atoms. The van der Waals surface area contributed by atoms with Gasteiger partial charge in [-0.05, 0) is 20.8 Å². The van der Waals surface area contributed by atoms with E-state index in [4.69, 9.17) is 14.2 Å². The maximum Gasteiger partial charge on any atom is 0.327 e. The Bertz CT molecular complexity index is 361. The normalized spacial score (nSPS) is 10.9. The van der Waals surface area contributed by atoms with Crippen LogP contribution in [0.2, 0.25) is 0 Å². The predicted octanol–water partition coefficient (Wildman–Crippen LogP) is 0.913. The summed E-state index contributed by atoms with van der Waals surface area (Å²) in [6.45, 7) is 6.81. The van der Waals surface area contributed by atoms with Gasteiger partial charge in [0, 0.05) is 13.2 Å². The van der Waals surface area contributed by atoms with Crippen molar-refractivity contribution >= 4 is 5.97 Å². The summed E-state index contributed by atoms with van der Waals surface area (Å²) in [5.41, 5.74) is 0.603. The molecule has 0 N–H and O–H groups in total. The molecule has 102 valence electrons. The van der Waals surface area contributed by atoms with Crippen LogP contribution in [0, 0.1) is 0 Å². The summed E-state index contributed by atoms with van der Waals surface area (Å²) in [5.74, 6) is -0.365. The molecule has 7 nitrogen and oxygen atoms in total. The molecule has 0 saturated carbocycles. The second-order valence-corrected chi connectivity index (χ2v) is 3.36. The molecule has 1 rings (SSSR count). The number of nitrogens with zero attached hydrogens (tertiary/aromatic N) is 3. The number of carbonyl (C=O) groups excluding carboxylic acids is 1. The Balaban J connectivity index is 2.75. The van der Waals surface area contributed by atoms with Crippen molar-refractivity contribution in [3.05, 3.63) is 11.9 Å². The van der Waals surface area contributed by atoms with Crippen LogP contribution in [0.15, 0.2) is 6.20 Å². The molecule has 0 radical (unpaired) electrons. The summed E-state index contributed by atoms with van der Waals surface area (Å²) in [6, 6.07) is 0. The lowest BCUT2D eigenvalue weighted by Crippen LogP contribution is -2.20. The molecule has 0 spiro atoms. The molecule has 0 amide bonds. The SMILES string of the molecule is CCOC(=O)Cn1nncc1C(OCC)OCC. The zero-order chi connectivity index (χ0) is 13.4. The Kier molecular flexibility index (Phi) is 6.31. The molecule has 0 fully saturated rings. The third kappa shape index (κ3) is 4.08. The minimum atomic E-state index is -0.565. The number of hydrogen-bond acceptors (Lipinski definition) is 6. The molecule has 1 heterocycles. The van der Waals surface area contributed by atoms with Crippen molar-refractivity contribution < 1.29 is 19.0 Å². The molecule has 0 bridgehead atoms. The summed E-state index contributed by atoms with van der Waals surface area (Å²) >= 11 is 0. The van der Waals surface area contributed by atoms with Crippen molar-refractivity contribution in [2.75, 3.05) is 19.8 Å². The van der Waals surface area contributed by atoms with E-state index in [2.05, 4.69) is 10.3 Å². The van der Waals surface area contributed by atoms with E-state index in [1.165, 1.54) is 10.9 Å². The topological polar surface area (TPSA) is 75.5 Å². The average Bonchev–Trinajstić information content (AvgIpc) is 2.77. The van der Waals surface area contributed by atoms with Gasteiger partial charge < -0.3 is 14.2 Å². The number of hydrogen-bond donors (Lipinski definition) is 0. The van der Waals surface area contributed by atoms with Crippen LogP contribution >= 0.6 is 0 Å².